The van der Waals surface area contributed by atoms with Crippen LogP contribution in [0.15, 0.2) is 41.2 Å². The molecule has 6 nitrogen and oxygen atoms in total. The Labute approximate surface area is 157 Å². The van der Waals surface area contributed by atoms with E-state index in [1.165, 1.54) is 16.8 Å². The fraction of sp³-hybridized carbons (Fsp3) is 0.421. The van der Waals surface area contributed by atoms with Gasteiger partial charge in [0, 0.05) is 30.8 Å². The van der Waals surface area contributed by atoms with E-state index >= 15 is 0 Å². The Morgan fingerprint density at radius 1 is 1.31 bits per heavy atom. The molecule has 1 atom stereocenters. The smallest absolute Gasteiger partial charge is 0.274 e. The van der Waals surface area contributed by atoms with E-state index in [-0.39, 0.29) is 23.2 Å². The highest BCUT2D eigenvalue weighted by Crippen LogP contribution is 2.25. The van der Waals surface area contributed by atoms with Crippen molar-refractivity contribution in [2.45, 2.75) is 31.8 Å². The number of likely N-dealkylation sites (tertiary alicyclic amines) is 1. The van der Waals surface area contributed by atoms with Gasteiger partial charge in [-0.2, -0.15) is 5.10 Å². The second-order valence-corrected chi connectivity index (χ2v) is 6.77. The van der Waals surface area contributed by atoms with Crippen LogP contribution in [0.4, 0.5) is 0 Å². The van der Waals surface area contributed by atoms with Crippen LogP contribution in [0.3, 0.4) is 0 Å². The number of benzene rings is 1. The molecule has 1 aromatic carbocycles. The molecule has 1 unspecified atom stereocenters. The molecule has 1 amide bonds. The summed E-state index contributed by atoms with van der Waals surface area (Å²) in [5.41, 5.74) is 1.08. The Balaban J connectivity index is 1.78. The van der Waals surface area contributed by atoms with Crippen molar-refractivity contribution in [3.63, 3.8) is 0 Å². The summed E-state index contributed by atoms with van der Waals surface area (Å²) in [5, 5.41) is 4.94. The molecule has 0 spiro atoms. The fourth-order valence-electron chi connectivity index (χ4n) is 3.28. The number of hydrogen-bond acceptors (Lipinski definition) is 4. The molecule has 2 heterocycles. The number of aromatic nitrogens is 2. The number of nitrogens with zero attached hydrogens (tertiary/aromatic N) is 3. The molecule has 0 radical (unpaired) electrons. The van der Waals surface area contributed by atoms with Gasteiger partial charge in [0.15, 0.2) is 0 Å². The van der Waals surface area contributed by atoms with E-state index in [1.807, 2.05) is 29.2 Å². The zero-order valence-corrected chi connectivity index (χ0v) is 15.5. The van der Waals surface area contributed by atoms with Crippen molar-refractivity contribution in [1.82, 2.24) is 14.7 Å². The van der Waals surface area contributed by atoms with Crippen LogP contribution in [0.5, 0.6) is 0 Å². The number of amides is 1. The van der Waals surface area contributed by atoms with Crippen LogP contribution in [0.1, 0.15) is 28.9 Å². The first kappa shape index (κ1) is 18.6. The first-order chi connectivity index (χ1) is 12.6. The van der Waals surface area contributed by atoms with Gasteiger partial charge in [-0.15, -0.1) is 0 Å². The molecule has 0 aliphatic carbocycles. The third-order valence-electron chi connectivity index (χ3n) is 4.64. The van der Waals surface area contributed by atoms with Gasteiger partial charge in [0.05, 0.1) is 13.2 Å². The SMILES string of the molecule is COCCn1nc(C(=O)N2CCCC2Cc2ccccc2Cl)ccc1=O. The van der Waals surface area contributed by atoms with Gasteiger partial charge in [0.2, 0.25) is 0 Å². The molecule has 7 heteroatoms. The number of carbonyl (C=O) groups is 1. The number of methoxy groups -OCH3 is 1. The minimum absolute atomic E-state index is 0.0866. The van der Waals surface area contributed by atoms with Crippen LogP contribution >= 0.6 is 11.6 Å². The normalized spacial score (nSPS) is 16.8. The minimum atomic E-state index is -0.243. The van der Waals surface area contributed by atoms with Gasteiger partial charge in [-0.05, 0) is 37.0 Å². The first-order valence-electron chi connectivity index (χ1n) is 8.71. The second kappa shape index (κ2) is 8.47. The van der Waals surface area contributed by atoms with E-state index < -0.39 is 0 Å². The summed E-state index contributed by atoms with van der Waals surface area (Å²) in [7, 11) is 1.56. The van der Waals surface area contributed by atoms with Crippen molar-refractivity contribution in [2.75, 3.05) is 20.3 Å². The lowest BCUT2D eigenvalue weighted by atomic mass is 10.0. The van der Waals surface area contributed by atoms with Gasteiger partial charge < -0.3 is 9.64 Å². The maximum atomic E-state index is 13.0. The van der Waals surface area contributed by atoms with Gasteiger partial charge >= 0.3 is 0 Å². The average molecular weight is 376 g/mol. The largest absolute Gasteiger partial charge is 0.383 e. The summed E-state index contributed by atoms with van der Waals surface area (Å²) in [5.74, 6) is -0.147. The Bertz CT molecular complexity index is 837. The van der Waals surface area contributed by atoms with Crippen molar-refractivity contribution in [1.29, 1.82) is 0 Å². The predicted molar refractivity (Wildman–Crippen MR) is 99.6 cm³/mol. The zero-order chi connectivity index (χ0) is 18.5. The van der Waals surface area contributed by atoms with Crippen molar-refractivity contribution in [2.24, 2.45) is 0 Å². The molecule has 2 aromatic rings. The lowest BCUT2D eigenvalue weighted by Gasteiger charge is -2.25. The molecule has 1 aliphatic rings. The summed E-state index contributed by atoms with van der Waals surface area (Å²) >= 11 is 6.27. The van der Waals surface area contributed by atoms with Crippen molar-refractivity contribution < 1.29 is 9.53 Å². The number of rotatable bonds is 6. The van der Waals surface area contributed by atoms with Gasteiger partial charge in [0.25, 0.3) is 11.5 Å². The first-order valence-corrected chi connectivity index (χ1v) is 9.09. The van der Waals surface area contributed by atoms with E-state index in [0.29, 0.717) is 26.1 Å². The predicted octanol–water partition coefficient (Wildman–Crippen LogP) is 2.39. The van der Waals surface area contributed by atoms with Crippen molar-refractivity contribution >= 4 is 17.5 Å². The quantitative estimate of drug-likeness (QED) is 0.777. The fourth-order valence-corrected chi connectivity index (χ4v) is 3.49. The molecule has 1 saturated heterocycles. The summed E-state index contributed by atoms with van der Waals surface area (Å²) < 4.78 is 6.26. The summed E-state index contributed by atoms with van der Waals surface area (Å²) in [6.07, 6.45) is 2.60. The Morgan fingerprint density at radius 3 is 2.88 bits per heavy atom. The van der Waals surface area contributed by atoms with Gasteiger partial charge in [0.1, 0.15) is 5.69 Å². The monoisotopic (exact) mass is 375 g/mol. The van der Waals surface area contributed by atoms with E-state index in [9.17, 15) is 9.59 Å². The molecule has 0 saturated carbocycles. The van der Waals surface area contributed by atoms with Crippen LogP contribution in [-0.4, -0.2) is 46.9 Å². The van der Waals surface area contributed by atoms with E-state index in [2.05, 4.69) is 5.10 Å². The van der Waals surface area contributed by atoms with Crippen molar-refractivity contribution in [3.05, 3.63) is 63.0 Å². The number of carbonyl (C=O) groups excluding carboxylic acids is 1. The number of ether oxygens (including phenoxy) is 1. The second-order valence-electron chi connectivity index (χ2n) is 6.36. The molecule has 138 valence electrons. The minimum Gasteiger partial charge on any atom is -0.383 e. The van der Waals surface area contributed by atoms with Gasteiger partial charge in [-0.25, -0.2) is 4.68 Å². The molecule has 1 aliphatic heterocycles. The topological polar surface area (TPSA) is 64.4 Å². The molecule has 1 fully saturated rings. The van der Waals surface area contributed by atoms with Crippen LogP contribution in [0, 0.1) is 0 Å². The Kier molecular flexibility index (Phi) is 6.06. The van der Waals surface area contributed by atoms with Crippen LogP contribution in [0.25, 0.3) is 0 Å². The molecular formula is C19H22ClN3O3. The summed E-state index contributed by atoms with van der Waals surface area (Å²) in [6, 6.07) is 10.7. The summed E-state index contributed by atoms with van der Waals surface area (Å²) in [4.78, 5) is 26.7. The molecular weight excluding hydrogens is 354 g/mol. The lowest BCUT2D eigenvalue weighted by molar-refractivity contribution is 0.0726. The Hall–Kier alpha value is -2.18. The van der Waals surface area contributed by atoms with Crippen molar-refractivity contribution in [3.8, 4) is 0 Å². The summed E-state index contributed by atoms with van der Waals surface area (Å²) in [6.45, 7) is 1.37. The lowest BCUT2D eigenvalue weighted by Crippen LogP contribution is -2.38. The third-order valence-corrected chi connectivity index (χ3v) is 5.01. The van der Waals surface area contributed by atoms with Gasteiger partial charge in [-0.3, -0.25) is 9.59 Å². The highest BCUT2D eigenvalue weighted by molar-refractivity contribution is 6.31. The molecule has 3 rings (SSSR count). The molecule has 0 N–H and O–H groups in total. The maximum Gasteiger partial charge on any atom is 0.274 e. The van der Waals surface area contributed by atoms with E-state index in [1.54, 1.807) is 7.11 Å². The number of halogens is 1. The molecule has 1 aromatic heterocycles. The molecule has 0 bridgehead atoms. The van der Waals surface area contributed by atoms with Crippen LogP contribution < -0.4 is 5.56 Å². The highest BCUT2D eigenvalue weighted by Gasteiger charge is 2.30. The third kappa shape index (κ3) is 4.14. The maximum absolute atomic E-state index is 13.0. The van der Waals surface area contributed by atoms with Crippen LogP contribution in [-0.2, 0) is 17.7 Å². The highest BCUT2D eigenvalue weighted by atomic mass is 35.5. The molecule has 26 heavy (non-hydrogen) atoms. The zero-order valence-electron chi connectivity index (χ0n) is 14.7. The number of hydrogen-bond donors (Lipinski definition) is 0. The van der Waals surface area contributed by atoms with Gasteiger partial charge in [-0.1, -0.05) is 29.8 Å². The van der Waals surface area contributed by atoms with E-state index in [4.69, 9.17) is 16.3 Å². The van der Waals surface area contributed by atoms with E-state index in [0.717, 1.165) is 23.4 Å². The standard InChI is InChI=1S/C19H22ClN3O3/c1-26-12-11-23-18(24)9-8-17(21-23)19(25)22-10-4-6-15(22)13-14-5-2-3-7-16(14)20/h2-3,5,7-9,15H,4,6,10-13H2,1H3. The average Bonchev–Trinajstić information content (AvgIpc) is 3.10. The Morgan fingerprint density at radius 2 is 2.12 bits per heavy atom. The van der Waals surface area contributed by atoms with Crippen LogP contribution in [0.2, 0.25) is 5.02 Å².